The molecule has 1 aliphatic carbocycles. The van der Waals surface area contributed by atoms with Gasteiger partial charge in [0.15, 0.2) is 5.96 Å². The van der Waals surface area contributed by atoms with E-state index < -0.39 is 0 Å². The van der Waals surface area contributed by atoms with Crippen molar-refractivity contribution in [3.05, 3.63) is 35.1 Å². The zero-order valence-electron chi connectivity index (χ0n) is 9.86. The first-order valence-electron chi connectivity index (χ1n) is 6.01. The minimum Gasteiger partial charge on any atom is -0.370 e. The Morgan fingerprint density at radius 3 is 2.82 bits per heavy atom. The molecule has 0 radical (unpaired) electrons. The summed E-state index contributed by atoms with van der Waals surface area (Å²) >= 11 is 0. The first kappa shape index (κ1) is 10.6. The van der Waals surface area contributed by atoms with Gasteiger partial charge in [0.25, 0.3) is 0 Å². The van der Waals surface area contributed by atoms with Gasteiger partial charge in [-0.25, -0.2) is 4.39 Å². The van der Waals surface area contributed by atoms with E-state index in [1.165, 1.54) is 18.9 Å². The largest absolute Gasteiger partial charge is 0.370 e. The van der Waals surface area contributed by atoms with E-state index in [2.05, 4.69) is 9.89 Å². The molecule has 2 aliphatic rings. The lowest BCUT2D eigenvalue weighted by Crippen LogP contribution is -2.37. The summed E-state index contributed by atoms with van der Waals surface area (Å²) in [4.78, 5) is 6.50. The highest BCUT2D eigenvalue weighted by Crippen LogP contribution is 2.37. The predicted molar refractivity (Wildman–Crippen MR) is 65.2 cm³/mol. The van der Waals surface area contributed by atoms with Crippen molar-refractivity contribution in [2.75, 3.05) is 6.54 Å². The molecule has 3 rings (SSSR count). The second kappa shape index (κ2) is 3.72. The Bertz CT molecular complexity index is 480. The molecule has 0 saturated heterocycles. The molecule has 1 fully saturated rings. The summed E-state index contributed by atoms with van der Waals surface area (Å²) in [7, 11) is 0. The fourth-order valence-electron chi connectivity index (χ4n) is 2.44. The minimum atomic E-state index is -0.154. The molecule has 1 aliphatic heterocycles. The third-order valence-corrected chi connectivity index (χ3v) is 3.53. The van der Waals surface area contributed by atoms with Crippen LogP contribution in [0, 0.1) is 12.7 Å². The molecule has 90 valence electrons. The molecule has 1 heterocycles. The average molecular weight is 233 g/mol. The number of benzene rings is 1. The number of guanidine groups is 1. The van der Waals surface area contributed by atoms with Crippen molar-refractivity contribution in [2.45, 2.75) is 31.8 Å². The summed E-state index contributed by atoms with van der Waals surface area (Å²) < 4.78 is 13.3. The maximum Gasteiger partial charge on any atom is 0.192 e. The van der Waals surface area contributed by atoms with Gasteiger partial charge in [-0.15, -0.1) is 0 Å². The molecular formula is C13H16FN3. The molecule has 1 aromatic carbocycles. The summed E-state index contributed by atoms with van der Waals surface area (Å²) in [6, 6.07) is 6.02. The van der Waals surface area contributed by atoms with Crippen molar-refractivity contribution >= 4 is 5.96 Å². The van der Waals surface area contributed by atoms with Crippen LogP contribution in [-0.2, 0) is 0 Å². The lowest BCUT2D eigenvalue weighted by atomic mass is 10.0. The summed E-state index contributed by atoms with van der Waals surface area (Å²) in [5, 5.41) is 0. The minimum absolute atomic E-state index is 0.154. The first-order valence-corrected chi connectivity index (χ1v) is 6.01. The molecule has 0 aromatic heterocycles. The van der Waals surface area contributed by atoms with Crippen LogP contribution in [0.4, 0.5) is 4.39 Å². The van der Waals surface area contributed by atoms with Gasteiger partial charge in [0.2, 0.25) is 0 Å². The molecule has 2 N–H and O–H groups in total. The predicted octanol–water partition coefficient (Wildman–Crippen LogP) is 1.97. The Hall–Kier alpha value is -1.58. The second-order valence-corrected chi connectivity index (χ2v) is 4.86. The van der Waals surface area contributed by atoms with Gasteiger partial charge in [-0.1, -0.05) is 12.1 Å². The van der Waals surface area contributed by atoms with Gasteiger partial charge in [-0.3, -0.25) is 4.99 Å². The van der Waals surface area contributed by atoms with Gasteiger partial charge < -0.3 is 10.6 Å². The van der Waals surface area contributed by atoms with Gasteiger partial charge in [0, 0.05) is 6.04 Å². The highest BCUT2D eigenvalue weighted by molar-refractivity contribution is 5.81. The third kappa shape index (κ3) is 1.77. The maximum atomic E-state index is 13.3. The number of hydrogen-bond donors (Lipinski definition) is 1. The highest BCUT2D eigenvalue weighted by Gasteiger charge is 2.38. The summed E-state index contributed by atoms with van der Waals surface area (Å²) in [5.74, 6) is 0.484. The normalized spacial score (nSPS) is 24.0. The van der Waals surface area contributed by atoms with Crippen molar-refractivity contribution < 1.29 is 4.39 Å². The Labute approximate surface area is 100 Å². The van der Waals surface area contributed by atoms with Crippen LogP contribution in [0.2, 0.25) is 0 Å². The highest BCUT2D eigenvalue weighted by atomic mass is 19.1. The lowest BCUT2D eigenvalue weighted by molar-refractivity contribution is 0.337. The summed E-state index contributed by atoms with van der Waals surface area (Å²) in [6.45, 7) is 2.48. The molecular weight excluding hydrogens is 217 g/mol. The van der Waals surface area contributed by atoms with Gasteiger partial charge in [0.05, 0.1) is 12.6 Å². The number of nitrogens with zero attached hydrogens (tertiary/aromatic N) is 2. The number of nitrogens with two attached hydrogens (primary N) is 1. The summed E-state index contributed by atoms with van der Waals surface area (Å²) in [5.41, 5.74) is 7.71. The molecule has 1 atom stereocenters. The first-order chi connectivity index (χ1) is 8.16. The SMILES string of the molecule is Cc1cc(C2CN=C(N)N2C2CC2)ccc1F. The van der Waals surface area contributed by atoms with Gasteiger partial charge >= 0.3 is 0 Å². The van der Waals surface area contributed by atoms with E-state index in [0.717, 1.165) is 5.56 Å². The average Bonchev–Trinajstić information content (AvgIpc) is 3.06. The van der Waals surface area contributed by atoms with E-state index in [4.69, 9.17) is 5.73 Å². The van der Waals surface area contributed by atoms with Crippen molar-refractivity contribution in [3.63, 3.8) is 0 Å². The zero-order chi connectivity index (χ0) is 12.0. The van der Waals surface area contributed by atoms with Crippen molar-refractivity contribution in [1.82, 2.24) is 4.90 Å². The van der Waals surface area contributed by atoms with E-state index in [0.29, 0.717) is 24.1 Å². The smallest absolute Gasteiger partial charge is 0.192 e. The molecule has 4 heteroatoms. The van der Waals surface area contributed by atoms with E-state index in [9.17, 15) is 4.39 Å². The lowest BCUT2D eigenvalue weighted by Gasteiger charge is -2.26. The monoisotopic (exact) mass is 233 g/mol. The standard InChI is InChI=1S/C13H16FN3/c1-8-6-9(2-5-11(8)14)12-7-16-13(15)17(12)10-3-4-10/h2,5-6,10,12H,3-4,7H2,1H3,(H2,15,16). The van der Waals surface area contributed by atoms with Crippen LogP contribution in [0.3, 0.4) is 0 Å². The molecule has 0 spiro atoms. The van der Waals surface area contributed by atoms with E-state index >= 15 is 0 Å². The topological polar surface area (TPSA) is 41.6 Å². The maximum absolute atomic E-state index is 13.3. The van der Waals surface area contributed by atoms with E-state index in [1.54, 1.807) is 6.92 Å². The molecule has 1 aromatic rings. The van der Waals surface area contributed by atoms with Crippen LogP contribution in [-0.4, -0.2) is 23.4 Å². The van der Waals surface area contributed by atoms with Crippen LogP contribution >= 0.6 is 0 Å². The van der Waals surface area contributed by atoms with Crippen LogP contribution in [0.5, 0.6) is 0 Å². The second-order valence-electron chi connectivity index (χ2n) is 4.86. The number of halogens is 1. The van der Waals surface area contributed by atoms with Crippen molar-refractivity contribution in [3.8, 4) is 0 Å². The van der Waals surface area contributed by atoms with Crippen molar-refractivity contribution in [2.24, 2.45) is 10.7 Å². The molecule has 1 unspecified atom stereocenters. The number of aliphatic imine (C=N–C) groups is 1. The van der Waals surface area contributed by atoms with Gasteiger partial charge in [-0.2, -0.15) is 0 Å². The Morgan fingerprint density at radius 2 is 2.18 bits per heavy atom. The van der Waals surface area contributed by atoms with E-state index in [-0.39, 0.29) is 11.9 Å². The van der Waals surface area contributed by atoms with Crippen LogP contribution < -0.4 is 5.73 Å². The molecule has 0 bridgehead atoms. The number of rotatable bonds is 2. The number of aryl methyl sites for hydroxylation is 1. The Balaban J connectivity index is 1.91. The van der Waals surface area contributed by atoms with Gasteiger partial charge in [-0.05, 0) is 37.0 Å². The van der Waals surface area contributed by atoms with Crippen molar-refractivity contribution in [1.29, 1.82) is 0 Å². The fraction of sp³-hybridized carbons (Fsp3) is 0.462. The van der Waals surface area contributed by atoms with Crippen LogP contribution in [0.25, 0.3) is 0 Å². The quantitative estimate of drug-likeness (QED) is 0.848. The Morgan fingerprint density at radius 1 is 1.41 bits per heavy atom. The molecule has 17 heavy (non-hydrogen) atoms. The van der Waals surface area contributed by atoms with Gasteiger partial charge in [0.1, 0.15) is 5.82 Å². The molecule has 1 saturated carbocycles. The van der Waals surface area contributed by atoms with Crippen LogP contribution in [0.1, 0.15) is 30.0 Å². The number of hydrogen-bond acceptors (Lipinski definition) is 3. The van der Waals surface area contributed by atoms with E-state index in [1.807, 2.05) is 12.1 Å². The molecule has 3 nitrogen and oxygen atoms in total. The third-order valence-electron chi connectivity index (χ3n) is 3.53. The summed E-state index contributed by atoms with van der Waals surface area (Å²) in [6.07, 6.45) is 2.37. The zero-order valence-corrected chi connectivity index (χ0v) is 9.86. The Kier molecular flexibility index (Phi) is 2.31. The molecule has 0 amide bonds. The van der Waals surface area contributed by atoms with Crippen LogP contribution in [0.15, 0.2) is 23.2 Å². The fourth-order valence-corrected chi connectivity index (χ4v) is 2.44.